The molecule has 1 N–H and O–H groups in total. The molecule has 2 aliphatic carbocycles. The minimum Gasteiger partial charge on any atom is -0.362 e. The third-order valence-corrected chi connectivity index (χ3v) is 6.13. The topological polar surface area (TPSA) is 89.3 Å². The second-order valence-corrected chi connectivity index (χ2v) is 10.1. The van der Waals surface area contributed by atoms with Crippen molar-refractivity contribution in [2.45, 2.75) is 59.3 Å². The fourth-order valence-electron chi connectivity index (χ4n) is 5.04. The number of carbonyl (C=O) groups is 2. The van der Waals surface area contributed by atoms with Gasteiger partial charge in [-0.1, -0.05) is 39.8 Å². The van der Waals surface area contributed by atoms with E-state index in [0.717, 1.165) is 11.4 Å². The second-order valence-electron chi connectivity index (χ2n) is 10.1. The largest absolute Gasteiger partial charge is 0.362 e. The van der Waals surface area contributed by atoms with E-state index in [0.29, 0.717) is 42.4 Å². The number of nitro benzene ring substituents is 1. The van der Waals surface area contributed by atoms with Gasteiger partial charge in [-0.2, -0.15) is 0 Å². The first-order valence-electron chi connectivity index (χ1n) is 10.0. The van der Waals surface area contributed by atoms with E-state index < -0.39 is 10.8 Å². The Morgan fingerprint density at radius 2 is 1.45 bits per heavy atom. The van der Waals surface area contributed by atoms with E-state index in [4.69, 9.17) is 0 Å². The van der Waals surface area contributed by atoms with E-state index in [2.05, 4.69) is 33.0 Å². The van der Waals surface area contributed by atoms with Crippen molar-refractivity contribution in [1.82, 2.24) is 5.32 Å². The summed E-state index contributed by atoms with van der Waals surface area (Å²) in [6.45, 7) is 8.27. The number of rotatable bonds is 2. The third kappa shape index (κ3) is 3.41. The summed E-state index contributed by atoms with van der Waals surface area (Å²) in [7, 11) is 0. The van der Waals surface area contributed by atoms with Crippen molar-refractivity contribution in [3.05, 3.63) is 62.5 Å². The van der Waals surface area contributed by atoms with Gasteiger partial charge in [0, 0.05) is 53.4 Å². The number of hydrogen-bond acceptors (Lipinski definition) is 5. The van der Waals surface area contributed by atoms with Gasteiger partial charge in [0.2, 0.25) is 0 Å². The first-order valence-corrected chi connectivity index (χ1v) is 10.0. The molecule has 0 spiro atoms. The molecule has 0 saturated carbocycles. The van der Waals surface area contributed by atoms with E-state index in [9.17, 15) is 19.7 Å². The van der Waals surface area contributed by atoms with Crippen LogP contribution in [0.15, 0.2) is 46.8 Å². The maximum Gasteiger partial charge on any atom is 0.269 e. The summed E-state index contributed by atoms with van der Waals surface area (Å²) in [5, 5.41) is 14.8. The second kappa shape index (κ2) is 6.37. The van der Waals surface area contributed by atoms with Gasteiger partial charge < -0.3 is 5.32 Å². The van der Waals surface area contributed by atoms with Crippen LogP contribution in [0, 0.1) is 20.9 Å². The summed E-state index contributed by atoms with van der Waals surface area (Å²) < 4.78 is 0. The van der Waals surface area contributed by atoms with E-state index in [1.165, 1.54) is 12.1 Å². The van der Waals surface area contributed by atoms with E-state index in [-0.39, 0.29) is 28.1 Å². The van der Waals surface area contributed by atoms with Gasteiger partial charge in [-0.15, -0.1) is 0 Å². The van der Waals surface area contributed by atoms with Crippen molar-refractivity contribution in [3.8, 4) is 0 Å². The van der Waals surface area contributed by atoms with Crippen LogP contribution in [-0.4, -0.2) is 16.5 Å². The van der Waals surface area contributed by atoms with E-state index >= 15 is 0 Å². The molecule has 0 saturated heterocycles. The molecule has 152 valence electrons. The van der Waals surface area contributed by atoms with Crippen molar-refractivity contribution in [2.24, 2.45) is 10.8 Å². The maximum atomic E-state index is 13.2. The Labute approximate surface area is 170 Å². The number of Topliss-reactive ketones (excluding diaryl/α,β-unsaturated/α-hetero) is 2. The summed E-state index contributed by atoms with van der Waals surface area (Å²) in [6.07, 6.45) is 2.23. The Morgan fingerprint density at radius 3 is 1.93 bits per heavy atom. The number of non-ortho nitro benzene ring substituents is 1. The average molecular weight is 394 g/mol. The zero-order valence-electron chi connectivity index (χ0n) is 17.3. The predicted molar refractivity (Wildman–Crippen MR) is 109 cm³/mol. The highest BCUT2D eigenvalue weighted by Gasteiger charge is 2.46. The van der Waals surface area contributed by atoms with Crippen molar-refractivity contribution in [3.63, 3.8) is 0 Å². The number of benzene rings is 1. The average Bonchev–Trinajstić information content (AvgIpc) is 2.57. The van der Waals surface area contributed by atoms with Crippen LogP contribution in [0.1, 0.15) is 64.9 Å². The standard InChI is InChI=1S/C23H26N2O4/c1-22(2)9-15-20(17(26)11-22)19(13-6-5-7-14(8-13)25(28)29)21-16(24-15)10-23(3,4)12-18(21)27/h5-8,19,24H,9-12H2,1-4H3. The molecule has 1 aromatic rings. The molecule has 1 aliphatic heterocycles. The van der Waals surface area contributed by atoms with Crippen LogP contribution in [0.25, 0.3) is 0 Å². The van der Waals surface area contributed by atoms with Gasteiger partial charge in [0.15, 0.2) is 11.6 Å². The quantitative estimate of drug-likeness (QED) is 0.586. The molecule has 3 aliphatic rings. The molecule has 0 unspecified atom stereocenters. The molecule has 0 aromatic heterocycles. The molecule has 0 atom stereocenters. The fraction of sp³-hybridized carbons (Fsp3) is 0.478. The molecule has 0 amide bonds. The van der Waals surface area contributed by atoms with Crippen LogP contribution in [0.2, 0.25) is 0 Å². The number of nitrogens with zero attached hydrogens (tertiary/aromatic N) is 1. The molecular formula is C23H26N2O4. The molecule has 0 bridgehead atoms. The number of nitro groups is 1. The highest BCUT2D eigenvalue weighted by atomic mass is 16.6. The number of allylic oxidation sites excluding steroid dienone is 4. The predicted octanol–water partition coefficient (Wildman–Crippen LogP) is 4.57. The SMILES string of the molecule is CC1(C)CC(=O)C2=C(C1)NC1=C(C(=O)CC(C)(C)C1)C2c1cccc([N+](=O)[O-])c1. The van der Waals surface area contributed by atoms with Gasteiger partial charge in [-0.3, -0.25) is 19.7 Å². The summed E-state index contributed by atoms with van der Waals surface area (Å²) >= 11 is 0. The minimum atomic E-state index is -0.534. The summed E-state index contributed by atoms with van der Waals surface area (Å²) in [4.78, 5) is 37.3. The molecule has 0 radical (unpaired) electrons. The number of hydrogen-bond donors (Lipinski definition) is 1. The smallest absolute Gasteiger partial charge is 0.269 e. The van der Waals surface area contributed by atoms with Crippen molar-refractivity contribution in [2.75, 3.05) is 0 Å². The van der Waals surface area contributed by atoms with Crippen LogP contribution >= 0.6 is 0 Å². The first kappa shape index (κ1) is 19.6. The van der Waals surface area contributed by atoms with Gasteiger partial charge >= 0.3 is 0 Å². The number of carbonyl (C=O) groups excluding carboxylic acids is 2. The Balaban J connectivity index is 1.93. The maximum absolute atomic E-state index is 13.2. The van der Waals surface area contributed by atoms with Gasteiger partial charge in [-0.05, 0) is 29.2 Å². The van der Waals surface area contributed by atoms with Gasteiger partial charge in [0.05, 0.1) is 4.92 Å². The number of dihydropyridines is 1. The number of ketones is 2. The highest BCUT2D eigenvalue weighted by molar-refractivity contribution is 6.06. The Bertz CT molecular complexity index is 961. The fourth-order valence-corrected chi connectivity index (χ4v) is 5.04. The van der Waals surface area contributed by atoms with Gasteiger partial charge in [-0.25, -0.2) is 0 Å². The zero-order valence-corrected chi connectivity index (χ0v) is 17.3. The van der Waals surface area contributed by atoms with Gasteiger partial charge in [0.25, 0.3) is 5.69 Å². The molecule has 1 heterocycles. The lowest BCUT2D eigenvalue weighted by atomic mass is 9.64. The normalized spacial score (nSPS) is 23.4. The lowest BCUT2D eigenvalue weighted by molar-refractivity contribution is -0.384. The molecule has 1 aromatic carbocycles. The monoisotopic (exact) mass is 394 g/mol. The molecule has 0 fully saturated rings. The van der Waals surface area contributed by atoms with Crippen LogP contribution in [0.3, 0.4) is 0 Å². The summed E-state index contributed by atoms with van der Waals surface area (Å²) in [6, 6.07) is 6.36. The van der Waals surface area contributed by atoms with E-state index in [1.54, 1.807) is 12.1 Å². The molecule has 29 heavy (non-hydrogen) atoms. The summed E-state index contributed by atoms with van der Waals surface area (Å²) in [5.74, 6) is -0.498. The minimum absolute atomic E-state index is 0.0180. The Kier molecular flexibility index (Phi) is 4.30. The Hall–Kier alpha value is -2.76. The zero-order chi connectivity index (χ0) is 21.1. The van der Waals surface area contributed by atoms with Crippen LogP contribution in [-0.2, 0) is 9.59 Å². The van der Waals surface area contributed by atoms with Crippen LogP contribution in [0.5, 0.6) is 0 Å². The van der Waals surface area contributed by atoms with E-state index in [1.807, 2.05) is 0 Å². The molecule has 6 heteroatoms. The Morgan fingerprint density at radius 1 is 0.931 bits per heavy atom. The third-order valence-electron chi connectivity index (χ3n) is 6.13. The van der Waals surface area contributed by atoms with Gasteiger partial charge in [0.1, 0.15) is 0 Å². The van der Waals surface area contributed by atoms with Crippen LogP contribution < -0.4 is 5.32 Å². The van der Waals surface area contributed by atoms with Crippen LogP contribution in [0.4, 0.5) is 5.69 Å². The number of nitrogens with one attached hydrogen (secondary N) is 1. The first-order chi connectivity index (χ1) is 13.5. The summed E-state index contributed by atoms with van der Waals surface area (Å²) in [5.41, 5.74) is 3.23. The molecule has 4 rings (SSSR count). The highest BCUT2D eigenvalue weighted by Crippen LogP contribution is 2.51. The molecular weight excluding hydrogens is 368 g/mol. The van der Waals surface area contributed by atoms with Crippen molar-refractivity contribution < 1.29 is 14.5 Å². The van der Waals surface area contributed by atoms with Crippen molar-refractivity contribution in [1.29, 1.82) is 0 Å². The lowest BCUT2D eigenvalue weighted by Gasteiger charge is -2.43. The lowest BCUT2D eigenvalue weighted by Crippen LogP contribution is -2.42. The molecule has 6 nitrogen and oxygen atoms in total. The van der Waals surface area contributed by atoms with Crippen molar-refractivity contribution >= 4 is 17.3 Å².